The first-order chi connectivity index (χ1) is 18.4. The molecule has 12 heteroatoms. The molecule has 0 heterocycles. The number of nitrogens with two attached hydrogens (primary N) is 2. The fourth-order valence-electron chi connectivity index (χ4n) is 3.89. The summed E-state index contributed by atoms with van der Waals surface area (Å²) in [5.41, 5.74) is 11.2. The Balaban J connectivity index is 2.61. The summed E-state index contributed by atoms with van der Waals surface area (Å²) in [5.74, 6) is -11.2. The Morgan fingerprint density at radius 1 is 1.00 bits per heavy atom. The van der Waals surface area contributed by atoms with Crippen molar-refractivity contribution in [1.82, 2.24) is 15.5 Å². The van der Waals surface area contributed by atoms with Crippen molar-refractivity contribution < 1.29 is 28.4 Å². The van der Waals surface area contributed by atoms with Crippen LogP contribution >= 0.6 is 0 Å². The highest BCUT2D eigenvalue weighted by Gasteiger charge is 2.53. The Bertz CT molecular complexity index is 1250. The number of nitriles is 1. The van der Waals surface area contributed by atoms with Gasteiger partial charge in [-0.05, 0) is 24.6 Å². The number of benzene rings is 2. The summed E-state index contributed by atoms with van der Waals surface area (Å²) in [6, 6.07) is 12.3. The molecule has 4 unspecified atom stereocenters. The van der Waals surface area contributed by atoms with Crippen LogP contribution in [0.15, 0.2) is 60.7 Å². The quantitative estimate of drug-likeness (QED) is 0.174. The topological polar surface area (TPSA) is 188 Å². The fraction of sp³-hybridized carbons (Fsp3) is 0.333. The second-order valence-corrected chi connectivity index (χ2v) is 9.15. The number of carbonyl (C=O) groups is 5. The molecule has 2 aromatic carbocycles. The van der Waals surface area contributed by atoms with Crippen LogP contribution in [-0.2, 0) is 19.2 Å². The van der Waals surface area contributed by atoms with E-state index in [9.17, 15) is 29.2 Å². The molecule has 0 aliphatic heterocycles. The van der Waals surface area contributed by atoms with Crippen molar-refractivity contribution in [3.63, 3.8) is 0 Å². The predicted molar refractivity (Wildman–Crippen MR) is 139 cm³/mol. The van der Waals surface area contributed by atoms with E-state index in [1.54, 1.807) is 24.3 Å². The number of hydrogen-bond acceptors (Lipinski definition) is 7. The average molecular weight is 539 g/mol. The molecule has 0 radical (unpaired) electrons. The van der Waals surface area contributed by atoms with E-state index in [0.29, 0.717) is 0 Å². The van der Waals surface area contributed by atoms with Crippen LogP contribution in [0.4, 0.5) is 4.39 Å². The standard InChI is InChI=1S/C27H31FN6O5/c1-16(2)27(28,34(15-29)25(38)19-12-8-5-9-13-19)26(39)33-22(24(37)32-14-20(31)35)21(23(36)17(3)30)18-10-6-4-7-11-18/h4-13,16-17,21-22H,14,30H2,1-3H3,(H2,31,35)(H,32,37)(H,33,39). The lowest BCUT2D eigenvalue weighted by Gasteiger charge is -2.36. The monoisotopic (exact) mass is 538 g/mol. The molecule has 2 aromatic rings. The van der Waals surface area contributed by atoms with Gasteiger partial charge in [-0.2, -0.15) is 10.2 Å². The number of rotatable bonds is 12. The normalized spacial score (nSPS) is 14.6. The van der Waals surface area contributed by atoms with Gasteiger partial charge in [0.25, 0.3) is 17.6 Å². The molecule has 0 fully saturated rings. The van der Waals surface area contributed by atoms with Crippen molar-refractivity contribution in [2.75, 3.05) is 6.54 Å². The molecule has 4 amide bonds. The minimum Gasteiger partial charge on any atom is -0.368 e. The Hall–Kier alpha value is -4.63. The van der Waals surface area contributed by atoms with Crippen molar-refractivity contribution in [2.24, 2.45) is 17.4 Å². The minimum absolute atomic E-state index is 0.0560. The number of ketones is 1. The molecule has 6 N–H and O–H groups in total. The van der Waals surface area contributed by atoms with Gasteiger partial charge in [0.15, 0.2) is 12.0 Å². The van der Waals surface area contributed by atoms with Crippen LogP contribution in [0, 0.1) is 17.4 Å². The number of amides is 4. The summed E-state index contributed by atoms with van der Waals surface area (Å²) in [4.78, 5) is 64.5. The molecule has 0 bridgehead atoms. The smallest absolute Gasteiger partial charge is 0.280 e. The van der Waals surface area contributed by atoms with E-state index >= 15 is 4.39 Å². The van der Waals surface area contributed by atoms with Crippen LogP contribution in [0.25, 0.3) is 0 Å². The second kappa shape index (κ2) is 13.3. The van der Waals surface area contributed by atoms with Gasteiger partial charge in [0, 0.05) is 11.5 Å². The third kappa shape index (κ3) is 7.03. The molecule has 4 atom stereocenters. The SMILES string of the molecule is CC(N)C(=O)C(c1ccccc1)C(NC(=O)C(F)(C(C)C)N(C#N)C(=O)c1ccccc1)C(=O)NCC(N)=O. The molecule has 39 heavy (non-hydrogen) atoms. The maximum atomic E-state index is 16.6. The zero-order valence-electron chi connectivity index (χ0n) is 21.8. The van der Waals surface area contributed by atoms with Gasteiger partial charge >= 0.3 is 0 Å². The van der Waals surface area contributed by atoms with Crippen molar-refractivity contribution in [3.05, 3.63) is 71.8 Å². The zero-order valence-corrected chi connectivity index (χ0v) is 21.8. The van der Waals surface area contributed by atoms with Crippen LogP contribution in [0.5, 0.6) is 0 Å². The third-order valence-corrected chi connectivity index (χ3v) is 5.99. The Morgan fingerprint density at radius 3 is 2.00 bits per heavy atom. The molecule has 206 valence electrons. The Labute approximate surface area is 225 Å². The summed E-state index contributed by atoms with van der Waals surface area (Å²) in [7, 11) is 0. The summed E-state index contributed by atoms with van der Waals surface area (Å²) in [6.45, 7) is 3.28. The summed E-state index contributed by atoms with van der Waals surface area (Å²) >= 11 is 0. The number of alkyl halides is 1. The highest BCUT2D eigenvalue weighted by Crippen LogP contribution is 2.30. The minimum atomic E-state index is -3.28. The van der Waals surface area contributed by atoms with Crippen molar-refractivity contribution in [3.8, 4) is 6.19 Å². The Kier molecular flexibility index (Phi) is 10.4. The first-order valence-corrected chi connectivity index (χ1v) is 12.1. The van der Waals surface area contributed by atoms with Gasteiger partial charge in [0.1, 0.15) is 6.04 Å². The van der Waals surface area contributed by atoms with Crippen LogP contribution in [0.1, 0.15) is 42.6 Å². The second-order valence-electron chi connectivity index (χ2n) is 9.15. The third-order valence-electron chi connectivity index (χ3n) is 5.99. The van der Waals surface area contributed by atoms with E-state index in [2.05, 4.69) is 10.6 Å². The lowest BCUT2D eigenvalue weighted by Crippen LogP contribution is -2.64. The van der Waals surface area contributed by atoms with Gasteiger partial charge in [0.05, 0.1) is 18.5 Å². The molecule has 2 rings (SSSR count). The van der Waals surface area contributed by atoms with E-state index in [-0.39, 0.29) is 16.0 Å². The lowest BCUT2D eigenvalue weighted by atomic mass is 9.84. The zero-order chi connectivity index (χ0) is 29.3. The number of carbonyl (C=O) groups excluding carboxylic acids is 5. The van der Waals surface area contributed by atoms with E-state index in [1.807, 2.05) is 0 Å². The van der Waals surface area contributed by atoms with Crippen molar-refractivity contribution >= 4 is 29.4 Å². The van der Waals surface area contributed by atoms with Gasteiger partial charge in [-0.15, -0.1) is 0 Å². The van der Waals surface area contributed by atoms with E-state index < -0.39 is 65.7 Å². The fourth-order valence-corrected chi connectivity index (χ4v) is 3.89. The largest absolute Gasteiger partial charge is 0.368 e. The summed E-state index contributed by atoms with van der Waals surface area (Å²) in [6.07, 6.45) is 1.45. The summed E-state index contributed by atoms with van der Waals surface area (Å²) in [5, 5.41) is 14.2. The number of halogens is 1. The van der Waals surface area contributed by atoms with Gasteiger partial charge in [0.2, 0.25) is 11.8 Å². The van der Waals surface area contributed by atoms with Crippen LogP contribution < -0.4 is 22.1 Å². The summed E-state index contributed by atoms with van der Waals surface area (Å²) < 4.78 is 16.6. The number of nitrogens with zero attached hydrogens (tertiary/aromatic N) is 2. The van der Waals surface area contributed by atoms with Gasteiger partial charge < -0.3 is 22.1 Å². The maximum Gasteiger partial charge on any atom is 0.280 e. The average Bonchev–Trinajstić information content (AvgIpc) is 2.92. The molecule has 0 saturated carbocycles. The molecule has 0 aliphatic rings. The molecule has 11 nitrogen and oxygen atoms in total. The van der Waals surface area contributed by atoms with Gasteiger partial charge in [-0.3, -0.25) is 24.0 Å². The molecular weight excluding hydrogens is 507 g/mol. The van der Waals surface area contributed by atoms with Crippen molar-refractivity contribution in [1.29, 1.82) is 5.26 Å². The number of Topliss-reactive ketones (excluding diaryl/α,β-unsaturated/α-hetero) is 1. The van der Waals surface area contributed by atoms with Crippen molar-refractivity contribution in [2.45, 2.75) is 44.6 Å². The van der Waals surface area contributed by atoms with Gasteiger partial charge in [-0.25, -0.2) is 4.39 Å². The Morgan fingerprint density at radius 2 is 1.54 bits per heavy atom. The molecule has 0 aliphatic carbocycles. The number of hydrogen-bond donors (Lipinski definition) is 4. The van der Waals surface area contributed by atoms with Crippen LogP contribution in [0.3, 0.4) is 0 Å². The lowest BCUT2D eigenvalue weighted by molar-refractivity contribution is -0.149. The number of primary amides is 1. The molecule has 0 saturated heterocycles. The molecule has 0 aromatic heterocycles. The predicted octanol–water partition coefficient (Wildman–Crippen LogP) is 0.718. The molecular formula is C27H31FN6O5. The van der Waals surface area contributed by atoms with E-state index in [1.165, 1.54) is 63.4 Å². The highest BCUT2D eigenvalue weighted by atomic mass is 19.1. The number of nitrogens with one attached hydrogen (secondary N) is 2. The van der Waals surface area contributed by atoms with E-state index in [0.717, 1.165) is 0 Å². The van der Waals surface area contributed by atoms with Gasteiger partial charge in [-0.1, -0.05) is 62.4 Å². The van der Waals surface area contributed by atoms with Crippen LogP contribution in [0.2, 0.25) is 0 Å². The first-order valence-electron chi connectivity index (χ1n) is 12.1. The highest BCUT2D eigenvalue weighted by molar-refractivity contribution is 6.03. The maximum absolute atomic E-state index is 16.6. The van der Waals surface area contributed by atoms with Crippen LogP contribution in [-0.4, -0.2) is 58.7 Å². The molecule has 0 spiro atoms. The first kappa shape index (κ1) is 30.6. The van der Waals surface area contributed by atoms with E-state index in [4.69, 9.17) is 11.5 Å².